The van der Waals surface area contributed by atoms with E-state index in [2.05, 4.69) is 17.3 Å². The second kappa shape index (κ2) is 5.50. The lowest BCUT2D eigenvalue weighted by Crippen LogP contribution is -2.12. The Morgan fingerprint density at radius 2 is 1.88 bits per heavy atom. The van der Waals surface area contributed by atoms with Crippen LogP contribution in [-0.2, 0) is 19.6 Å². The Kier molecular flexibility index (Phi) is 3.77. The fraction of sp³-hybridized carbons (Fsp3) is 0.308. The Balaban J connectivity index is 1.81. The highest BCUT2D eigenvalue weighted by atomic mass is 16.3. The van der Waals surface area contributed by atoms with Crippen molar-refractivity contribution in [1.82, 2.24) is 15.1 Å². The quantitative estimate of drug-likeness (QED) is 0.826. The highest BCUT2D eigenvalue weighted by molar-refractivity contribution is 5.25. The van der Waals surface area contributed by atoms with Gasteiger partial charge in [-0.2, -0.15) is 5.10 Å². The van der Waals surface area contributed by atoms with Gasteiger partial charge in [-0.3, -0.25) is 4.68 Å². The summed E-state index contributed by atoms with van der Waals surface area (Å²) in [6, 6.07) is 7.23. The summed E-state index contributed by atoms with van der Waals surface area (Å²) in [5, 5.41) is 16.7. The van der Waals surface area contributed by atoms with E-state index in [1.165, 1.54) is 5.56 Å². The van der Waals surface area contributed by atoms with E-state index in [0.717, 1.165) is 25.2 Å². The summed E-state index contributed by atoms with van der Waals surface area (Å²) in [4.78, 5) is 0. The van der Waals surface area contributed by atoms with Gasteiger partial charge in [-0.1, -0.05) is 12.1 Å². The van der Waals surface area contributed by atoms with Gasteiger partial charge < -0.3 is 10.4 Å². The van der Waals surface area contributed by atoms with Crippen molar-refractivity contribution in [2.45, 2.75) is 26.6 Å². The Morgan fingerprint density at radius 3 is 2.53 bits per heavy atom. The summed E-state index contributed by atoms with van der Waals surface area (Å²) in [5.41, 5.74) is 2.34. The molecule has 0 radical (unpaired) electrons. The molecule has 0 bridgehead atoms. The highest BCUT2D eigenvalue weighted by Crippen LogP contribution is 2.09. The maximum atomic E-state index is 9.16. The van der Waals surface area contributed by atoms with Gasteiger partial charge in [-0.25, -0.2) is 0 Å². The first-order valence-corrected chi connectivity index (χ1v) is 5.78. The Morgan fingerprint density at radius 1 is 1.18 bits per heavy atom. The van der Waals surface area contributed by atoms with Crippen molar-refractivity contribution < 1.29 is 5.11 Å². The topological polar surface area (TPSA) is 50.1 Å². The molecule has 0 aliphatic carbocycles. The van der Waals surface area contributed by atoms with E-state index in [0.29, 0.717) is 5.75 Å². The van der Waals surface area contributed by atoms with Gasteiger partial charge in [0.05, 0.1) is 6.20 Å². The summed E-state index contributed by atoms with van der Waals surface area (Å²) in [7, 11) is 0. The number of benzene rings is 1. The zero-order valence-electron chi connectivity index (χ0n) is 9.93. The SMILES string of the molecule is CCn1cc(CNCc2ccc(O)cc2)cn1. The number of hydrogen-bond donors (Lipinski definition) is 2. The van der Waals surface area contributed by atoms with Gasteiger partial charge in [0.1, 0.15) is 5.75 Å². The number of hydrogen-bond acceptors (Lipinski definition) is 3. The zero-order valence-corrected chi connectivity index (χ0v) is 9.93. The summed E-state index contributed by atoms with van der Waals surface area (Å²) >= 11 is 0. The largest absolute Gasteiger partial charge is 0.508 e. The molecule has 17 heavy (non-hydrogen) atoms. The molecule has 0 unspecified atom stereocenters. The lowest BCUT2D eigenvalue weighted by molar-refractivity contribution is 0.475. The average Bonchev–Trinajstić information content (AvgIpc) is 2.80. The molecule has 4 nitrogen and oxygen atoms in total. The number of aromatic hydroxyl groups is 1. The van der Waals surface area contributed by atoms with Gasteiger partial charge in [-0.15, -0.1) is 0 Å². The number of rotatable bonds is 5. The normalized spacial score (nSPS) is 10.6. The van der Waals surface area contributed by atoms with Gasteiger partial charge in [0.15, 0.2) is 0 Å². The van der Waals surface area contributed by atoms with Crippen LogP contribution in [0.4, 0.5) is 0 Å². The fourth-order valence-corrected chi connectivity index (χ4v) is 1.64. The molecule has 4 heteroatoms. The minimum atomic E-state index is 0.304. The highest BCUT2D eigenvalue weighted by Gasteiger charge is 1.97. The molecule has 0 saturated carbocycles. The van der Waals surface area contributed by atoms with Crippen LogP contribution in [0.3, 0.4) is 0 Å². The van der Waals surface area contributed by atoms with Gasteiger partial charge in [0.25, 0.3) is 0 Å². The monoisotopic (exact) mass is 231 g/mol. The molecule has 0 aliphatic rings. The third-order valence-corrected chi connectivity index (χ3v) is 2.61. The first-order valence-electron chi connectivity index (χ1n) is 5.78. The van der Waals surface area contributed by atoms with E-state index >= 15 is 0 Å². The molecule has 0 spiro atoms. The van der Waals surface area contributed by atoms with Crippen molar-refractivity contribution in [3.8, 4) is 5.75 Å². The predicted octanol–water partition coefficient (Wildman–Crippen LogP) is 1.90. The van der Waals surface area contributed by atoms with Crippen LogP contribution in [0.5, 0.6) is 5.75 Å². The van der Waals surface area contributed by atoms with Gasteiger partial charge in [0.2, 0.25) is 0 Å². The second-order valence-electron chi connectivity index (χ2n) is 3.97. The Labute approximate surface area is 101 Å². The third kappa shape index (κ3) is 3.32. The summed E-state index contributed by atoms with van der Waals surface area (Å²) in [6.07, 6.45) is 3.93. The summed E-state index contributed by atoms with van der Waals surface area (Å²) < 4.78 is 1.91. The van der Waals surface area contributed by atoms with Crippen LogP contribution in [0.25, 0.3) is 0 Å². The molecule has 2 aromatic rings. The van der Waals surface area contributed by atoms with Crippen LogP contribution < -0.4 is 5.32 Å². The first kappa shape index (κ1) is 11.7. The van der Waals surface area contributed by atoms with E-state index < -0.39 is 0 Å². The van der Waals surface area contributed by atoms with E-state index in [1.54, 1.807) is 12.1 Å². The van der Waals surface area contributed by atoms with Crippen LogP contribution >= 0.6 is 0 Å². The summed E-state index contributed by atoms with van der Waals surface area (Å²) in [6.45, 7) is 4.57. The van der Waals surface area contributed by atoms with Gasteiger partial charge in [0, 0.05) is 31.4 Å². The predicted molar refractivity (Wildman–Crippen MR) is 66.6 cm³/mol. The molecular formula is C13H17N3O. The van der Waals surface area contributed by atoms with E-state index in [4.69, 9.17) is 5.11 Å². The van der Waals surface area contributed by atoms with Crippen molar-refractivity contribution in [2.24, 2.45) is 0 Å². The smallest absolute Gasteiger partial charge is 0.115 e. The molecule has 90 valence electrons. The molecule has 0 atom stereocenters. The molecule has 1 heterocycles. The van der Waals surface area contributed by atoms with Crippen molar-refractivity contribution in [3.05, 3.63) is 47.8 Å². The maximum Gasteiger partial charge on any atom is 0.115 e. The third-order valence-electron chi connectivity index (χ3n) is 2.61. The Bertz CT molecular complexity index is 462. The molecular weight excluding hydrogens is 214 g/mol. The molecule has 0 fully saturated rings. The minimum Gasteiger partial charge on any atom is -0.508 e. The standard InChI is InChI=1S/C13H17N3O/c1-2-16-10-12(9-15-16)8-14-7-11-3-5-13(17)6-4-11/h3-6,9-10,14,17H,2,7-8H2,1H3. The van der Waals surface area contributed by atoms with Crippen LogP contribution in [0.1, 0.15) is 18.1 Å². The maximum absolute atomic E-state index is 9.16. The number of aromatic nitrogens is 2. The number of phenolic OH excluding ortho intramolecular Hbond substituents is 1. The number of aryl methyl sites for hydroxylation is 1. The lowest BCUT2D eigenvalue weighted by Gasteiger charge is -2.03. The molecule has 2 N–H and O–H groups in total. The molecule has 2 rings (SSSR count). The molecule has 1 aromatic heterocycles. The number of nitrogens with zero attached hydrogens (tertiary/aromatic N) is 2. The van der Waals surface area contributed by atoms with Crippen LogP contribution in [0.2, 0.25) is 0 Å². The van der Waals surface area contributed by atoms with Gasteiger partial charge >= 0.3 is 0 Å². The van der Waals surface area contributed by atoms with Crippen LogP contribution in [0, 0.1) is 0 Å². The Hall–Kier alpha value is -1.81. The van der Waals surface area contributed by atoms with Gasteiger partial charge in [-0.05, 0) is 24.6 Å². The van der Waals surface area contributed by atoms with Crippen molar-refractivity contribution in [3.63, 3.8) is 0 Å². The van der Waals surface area contributed by atoms with E-state index in [1.807, 2.05) is 29.2 Å². The summed E-state index contributed by atoms with van der Waals surface area (Å²) in [5.74, 6) is 0.304. The second-order valence-corrected chi connectivity index (χ2v) is 3.97. The van der Waals surface area contributed by atoms with Crippen molar-refractivity contribution in [1.29, 1.82) is 0 Å². The van der Waals surface area contributed by atoms with E-state index in [9.17, 15) is 0 Å². The fourth-order valence-electron chi connectivity index (χ4n) is 1.64. The average molecular weight is 231 g/mol. The minimum absolute atomic E-state index is 0.304. The van der Waals surface area contributed by atoms with Crippen molar-refractivity contribution in [2.75, 3.05) is 0 Å². The zero-order chi connectivity index (χ0) is 12.1. The molecule has 0 amide bonds. The van der Waals surface area contributed by atoms with Crippen LogP contribution in [0.15, 0.2) is 36.7 Å². The number of nitrogens with one attached hydrogen (secondary N) is 1. The molecule has 0 aliphatic heterocycles. The van der Waals surface area contributed by atoms with Crippen LogP contribution in [-0.4, -0.2) is 14.9 Å². The molecule has 0 saturated heterocycles. The van der Waals surface area contributed by atoms with E-state index in [-0.39, 0.29) is 0 Å². The first-order chi connectivity index (χ1) is 8.28. The van der Waals surface area contributed by atoms with Crippen molar-refractivity contribution >= 4 is 0 Å². The molecule has 1 aromatic carbocycles. The lowest BCUT2D eigenvalue weighted by atomic mass is 10.2. The number of phenols is 1.